The monoisotopic (exact) mass is 258 g/mol. The average molecular weight is 258 g/mol. The predicted molar refractivity (Wildman–Crippen MR) is 61.6 cm³/mol. The van der Waals surface area contributed by atoms with Crippen LogP contribution in [0.2, 0.25) is 0 Å². The number of hydrogen-bond donors (Lipinski definition) is 3. The molecule has 0 aliphatic carbocycles. The Morgan fingerprint density at radius 3 is 2.67 bits per heavy atom. The van der Waals surface area contributed by atoms with Crippen LogP contribution < -0.4 is 11.1 Å². The van der Waals surface area contributed by atoms with Gasteiger partial charge in [0.15, 0.2) is 0 Å². The minimum absolute atomic E-state index is 0.00192. The number of nitrogens with one attached hydrogen (secondary N) is 1. The molecule has 7 nitrogen and oxygen atoms in total. The summed E-state index contributed by atoms with van der Waals surface area (Å²) >= 11 is 0. The molecular weight excluding hydrogens is 240 g/mol. The number of ether oxygens (including phenoxy) is 1. The summed E-state index contributed by atoms with van der Waals surface area (Å²) in [6, 6.07) is -1.08. The van der Waals surface area contributed by atoms with Gasteiger partial charge in [-0.25, -0.2) is 4.79 Å². The molecule has 0 spiro atoms. The van der Waals surface area contributed by atoms with Gasteiger partial charge in [0.1, 0.15) is 6.04 Å². The third-order valence-electron chi connectivity index (χ3n) is 2.75. The fraction of sp³-hybridized carbons (Fsp3) is 0.727. The van der Waals surface area contributed by atoms with Crippen LogP contribution in [0.4, 0.5) is 0 Å². The Kier molecular flexibility index (Phi) is 5.57. The molecule has 2 atom stereocenters. The molecule has 4 N–H and O–H groups in total. The van der Waals surface area contributed by atoms with Crippen molar-refractivity contribution >= 4 is 17.8 Å². The number of amides is 2. The Morgan fingerprint density at radius 1 is 1.44 bits per heavy atom. The quantitative estimate of drug-likeness (QED) is 0.563. The van der Waals surface area contributed by atoms with Crippen molar-refractivity contribution in [1.29, 1.82) is 0 Å². The van der Waals surface area contributed by atoms with E-state index in [4.69, 9.17) is 15.6 Å². The van der Waals surface area contributed by atoms with E-state index in [1.165, 1.54) is 0 Å². The largest absolute Gasteiger partial charge is 0.480 e. The number of carbonyl (C=O) groups is 3. The molecule has 0 aromatic carbocycles. The Bertz CT molecular complexity index is 325. The van der Waals surface area contributed by atoms with Crippen LogP contribution in [0, 0.1) is 0 Å². The number of primary amides is 1. The molecule has 1 aliphatic rings. The topological polar surface area (TPSA) is 119 Å². The Balaban J connectivity index is 2.36. The lowest BCUT2D eigenvalue weighted by atomic mass is 10.1. The molecule has 2 amide bonds. The van der Waals surface area contributed by atoms with E-state index in [-0.39, 0.29) is 31.3 Å². The summed E-state index contributed by atoms with van der Waals surface area (Å²) in [4.78, 5) is 33.1. The second-order valence-corrected chi connectivity index (χ2v) is 4.30. The molecular formula is C11H18N2O5. The van der Waals surface area contributed by atoms with Gasteiger partial charge in [0.2, 0.25) is 11.8 Å². The van der Waals surface area contributed by atoms with Crippen LogP contribution in [-0.4, -0.2) is 41.6 Å². The van der Waals surface area contributed by atoms with Gasteiger partial charge in [0.25, 0.3) is 0 Å². The summed E-state index contributed by atoms with van der Waals surface area (Å²) in [5.41, 5.74) is 4.94. The summed E-state index contributed by atoms with van der Waals surface area (Å²) in [5.74, 6) is -2.13. The third-order valence-corrected chi connectivity index (χ3v) is 2.75. The molecule has 0 bridgehead atoms. The fourth-order valence-corrected chi connectivity index (χ4v) is 1.81. The number of aliphatic carboxylic acids is 1. The highest BCUT2D eigenvalue weighted by Crippen LogP contribution is 2.15. The number of carboxylic acids is 1. The first kappa shape index (κ1) is 14.4. The lowest BCUT2D eigenvalue weighted by molar-refractivity contribution is -0.142. The van der Waals surface area contributed by atoms with E-state index in [0.29, 0.717) is 6.61 Å². The molecule has 18 heavy (non-hydrogen) atoms. The van der Waals surface area contributed by atoms with Crippen molar-refractivity contribution in [2.75, 3.05) is 6.61 Å². The highest BCUT2D eigenvalue weighted by atomic mass is 16.5. The number of rotatable bonds is 7. The van der Waals surface area contributed by atoms with Crippen LogP contribution in [0.3, 0.4) is 0 Å². The molecule has 1 saturated heterocycles. The molecule has 0 saturated carbocycles. The van der Waals surface area contributed by atoms with Crippen LogP contribution in [0.15, 0.2) is 0 Å². The summed E-state index contributed by atoms with van der Waals surface area (Å²) < 4.78 is 5.28. The lowest BCUT2D eigenvalue weighted by Crippen LogP contribution is -2.42. The van der Waals surface area contributed by atoms with Gasteiger partial charge in [-0.2, -0.15) is 0 Å². The molecule has 0 aromatic rings. The van der Waals surface area contributed by atoms with Gasteiger partial charge in [0.05, 0.1) is 12.5 Å². The zero-order valence-corrected chi connectivity index (χ0v) is 10.1. The third kappa shape index (κ3) is 5.13. The average Bonchev–Trinajstić information content (AvgIpc) is 2.76. The standard InChI is InChI=1S/C11H18N2O5/c12-9(14)4-3-8(11(16)17)13-10(15)6-7-2-1-5-18-7/h7-8H,1-6H2,(H2,12,14)(H,13,15)(H,16,17). The van der Waals surface area contributed by atoms with E-state index in [2.05, 4.69) is 5.32 Å². The number of nitrogens with two attached hydrogens (primary N) is 1. The van der Waals surface area contributed by atoms with Gasteiger partial charge in [0, 0.05) is 13.0 Å². The second kappa shape index (κ2) is 6.95. The maximum atomic E-state index is 11.6. The molecule has 2 unspecified atom stereocenters. The van der Waals surface area contributed by atoms with E-state index in [1.807, 2.05) is 0 Å². The van der Waals surface area contributed by atoms with Crippen molar-refractivity contribution in [3.8, 4) is 0 Å². The first-order chi connectivity index (χ1) is 8.49. The van der Waals surface area contributed by atoms with Gasteiger partial charge in [-0.15, -0.1) is 0 Å². The Hall–Kier alpha value is -1.63. The minimum atomic E-state index is -1.17. The van der Waals surface area contributed by atoms with E-state index >= 15 is 0 Å². The van der Waals surface area contributed by atoms with Crippen LogP contribution in [-0.2, 0) is 19.1 Å². The van der Waals surface area contributed by atoms with Crippen molar-refractivity contribution in [2.45, 2.75) is 44.2 Å². The Morgan fingerprint density at radius 2 is 2.17 bits per heavy atom. The summed E-state index contributed by atoms with van der Waals surface area (Å²) in [6.07, 6.45) is 1.68. The molecule has 1 rings (SSSR count). The molecule has 0 radical (unpaired) electrons. The normalized spacial score (nSPS) is 20.3. The van der Waals surface area contributed by atoms with Crippen LogP contribution >= 0.6 is 0 Å². The SMILES string of the molecule is NC(=O)CCC(NC(=O)CC1CCCO1)C(=O)O. The van der Waals surface area contributed by atoms with E-state index < -0.39 is 17.9 Å². The summed E-state index contributed by atoms with van der Waals surface area (Å²) in [5, 5.41) is 11.3. The molecule has 1 fully saturated rings. The van der Waals surface area contributed by atoms with Crippen LogP contribution in [0.25, 0.3) is 0 Å². The van der Waals surface area contributed by atoms with Gasteiger partial charge in [-0.3, -0.25) is 9.59 Å². The van der Waals surface area contributed by atoms with Crippen molar-refractivity contribution in [3.05, 3.63) is 0 Å². The maximum absolute atomic E-state index is 11.6. The van der Waals surface area contributed by atoms with Crippen molar-refractivity contribution in [2.24, 2.45) is 5.73 Å². The smallest absolute Gasteiger partial charge is 0.326 e. The highest BCUT2D eigenvalue weighted by molar-refractivity contribution is 5.84. The fourth-order valence-electron chi connectivity index (χ4n) is 1.81. The van der Waals surface area contributed by atoms with E-state index in [0.717, 1.165) is 12.8 Å². The summed E-state index contributed by atoms with van der Waals surface area (Å²) in [6.45, 7) is 0.641. The van der Waals surface area contributed by atoms with Gasteiger partial charge in [-0.05, 0) is 19.3 Å². The first-order valence-electron chi connectivity index (χ1n) is 5.91. The maximum Gasteiger partial charge on any atom is 0.326 e. The highest BCUT2D eigenvalue weighted by Gasteiger charge is 2.24. The van der Waals surface area contributed by atoms with Crippen LogP contribution in [0.5, 0.6) is 0 Å². The Labute approximate surface area is 105 Å². The number of carbonyl (C=O) groups excluding carboxylic acids is 2. The zero-order chi connectivity index (χ0) is 13.5. The van der Waals surface area contributed by atoms with E-state index in [1.54, 1.807) is 0 Å². The molecule has 1 heterocycles. The van der Waals surface area contributed by atoms with Gasteiger partial charge in [-0.1, -0.05) is 0 Å². The first-order valence-corrected chi connectivity index (χ1v) is 5.91. The molecule has 7 heteroatoms. The minimum Gasteiger partial charge on any atom is -0.480 e. The number of carboxylic acid groups (broad SMARTS) is 1. The van der Waals surface area contributed by atoms with Crippen molar-refractivity contribution in [1.82, 2.24) is 5.32 Å². The van der Waals surface area contributed by atoms with Crippen molar-refractivity contribution < 1.29 is 24.2 Å². The molecule has 0 aromatic heterocycles. The van der Waals surface area contributed by atoms with Gasteiger partial charge >= 0.3 is 5.97 Å². The predicted octanol–water partition coefficient (Wildman–Crippen LogP) is -0.610. The van der Waals surface area contributed by atoms with Gasteiger partial charge < -0.3 is 20.9 Å². The second-order valence-electron chi connectivity index (χ2n) is 4.30. The van der Waals surface area contributed by atoms with Crippen molar-refractivity contribution in [3.63, 3.8) is 0 Å². The molecule has 1 aliphatic heterocycles. The summed E-state index contributed by atoms with van der Waals surface area (Å²) in [7, 11) is 0. The lowest BCUT2D eigenvalue weighted by Gasteiger charge is -2.15. The molecule has 102 valence electrons. The zero-order valence-electron chi connectivity index (χ0n) is 10.1. The van der Waals surface area contributed by atoms with Crippen LogP contribution in [0.1, 0.15) is 32.1 Å². The number of hydrogen-bond acceptors (Lipinski definition) is 4. The van der Waals surface area contributed by atoms with E-state index in [9.17, 15) is 14.4 Å².